The van der Waals surface area contributed by atoms with Gasteiger partial charge in [-0.15, -0.1) is 10.2 Å². The number of thioether (sulfide) groups is 1. The summed E-state index contributed by atoms with van der Waals surface area (Å²) in [6, 6.07) is 16.0. The smallest absolute Gasteiger partial charge is 0.239 e. The SMILES string of the molecule is CC(C)c1noc([C@@H](C)Sc2nnc(-c3ccccc3)n2Cc2ccc3c(c2)OCO3)n1. The molecule has 2 aromatic heterocycles. The molecule has 9 heteroatoms. The molecule has 0 aliphatic carbocycles. The van der Waals surface area contributed by atoms with Crippen molar-refractivity contribution in [3.8, 4) is 22.9 Å². The highest BCUT2D eigenvalue weighted by atomic mass is 32.2. The van der Waals surface area contributed by atoms with Gasteiger partial charge in [-0.1, -0.05) is 67.2 Å². The van der Waals surface area contributed by atoms with E-state index in [-0.39, 0.29) is 18.0 Å². The molecule has 32 heavy (non-hydrogen) atoms. The largest absolute Gasteiger partial charge is 0.454 e. The Balaban J connectivity index is 1.47. The van der Waals surface area contributed by atoms with Gasteiger partial charge >= 0.3 is 0 Å². The van der Waals surface area contributed by atoms with Gasteiger partial charge < -0.3 is 14.0 Å². The van der Waals surface area contributed by atoms with E-state index in [4.69, 9.17) is 14.0 Å². The molecule has 3 heterocycles. The van der Waals surface area contributed by atoms with E-state index >= 15 is 0 Å². The average Bonchev–Trinajstić information content (AvgIpc) is 3.54. The number of hydrogen-bond donors (Lipinski definition) is 0. The van der Waals surface area contributed by atoms with E-state index in [1.165, 1.54) is 0 Å². The van der Waals surface area contributed by atoms with Crippen molar-refractivity contribution in [2.45, 2.75) is 43.6 Å². The Labute approximate surface area is 190 Å². The summed E-state index contributed by atoms with van der Waals surface area (Å²) >= 11 is 1.55. The van der Waals surface area contributed by atoms with Gasteiger partial charge in [-0.25, -0.2) is 0 Å². The molecule has 164 valence electrons. The first-order chi connectivity index (χ1) is 15.6. The molecule has 0 saturated heterocycles. The maximum atomic E-state index is 5.55. The van der Waals surface area contributed by atoms with E-state index < -0.39 is 0 Å². The van der Waals surface area contributed by atoms with Crippen molar-refractivity contribution in [1.29, 1.82) is 0 Å². The predicted molar refractivity (Wildman–Crippen MR) is 120 cm³/mol. The number of fused-ring (bicyclic) bond motifs is 1. The van der Waals surface area contributed by atoms with E-state index in [2.05, 4.69) is 24.9 Å². The summed E-state index contributed by atoms with van der Waals surface area (Å²) in [4.78, 5) is 4.54. The lowest BCUT2D eigenvalue weighted by Crippen LogP contribution is -2.05. The predicted octanol–water partition coefficient (Wildman–Crippen LogP) is 5.08. The number of benzene rings is 2. The van der Waals surface area contributed by atoms with Gasteiger partial charge in [0, 0.05) is 11.5 Å². The number of nitrogens with zero attached hydrogens (tertiary/aromatic N) is 5. The zero-order valence-corrected chi connectivity index (χ0v) is 18.9. The Morgan fingerprint density at radius 1 is 1.00 bits per heavy atom. The Kier molecular flexibility index (Phi) is 5.57. The van der Waals surface area contributed by atoms with Crippen LogP contribution in [0.3, 0.4) is 0 Å². The van der Waals surface area contributed by atoms with Gasteiger partial charge in [0.1, 0.15) is 0 Å². The molecule has 0 amide bonds. The Bertz CT molecular complexity index is 1220. The van der Waals surface area contributed by atoms with Crippen LogP contribution in [0.4, 0.5) is 0 Å². The minimum atomic E-state index is -0.0710. The highest BCUT2D eigenvalue weighted by Crippen LogP contribution is 2.37. The van der Waals surface area contributed by atoms with Crippen LogP contribution in [0.1, 0.15) is 49.2 Å². The number of rotatable bonds is 7. The average molecular weight is 450 g/mol. The first-order valence-corrected chi connectivity index (χ1v) is 11.3. The molecule has 0 unspecified atom stereocenters. The van der Waals surface area contributed by atoms with E-state index in [1.54, 1.807) is 11.8 Å². The van der Waals surface area contributed by atoms with Crippen LogP contribution < -0.4 is 9.47 Å². The quantitative estimate of drug-likeness (QED) is 0.361. The normalized spacial score (nSPS) is 13.6. The summed E-state index contributed by atoms with van der Waals surface area (Å²) in [5, 5.41) is 13.8. The minimum Gasteiger partial charge on any atom is -0.454 e. The Morgan fingerprint density at radius 3 is 2.59 bits per heavy atom. The summed E-state index contributed by atoms with van der Waals surface area (Å²) in [6.45, 7) is 6.96. The van der Waals surface area contributed by atoms with E-state index in [0.29, 0.717) is 18.3 Å². The summed E-state index contributed by atoms with van der Waals surface area (Å²) in [5.74, 6) is 3.82. The second kappa shape index (κ2) is 8.66. The van der Waals surface area contributed by atoms with Gasteiger partial charge in [0.05, 0.1) is 11.8 Å². The second-order valence-electron chi connectivity index (χ2n) is 7.85. The zero-order chi connectivity index (χ0) is 22.1. The lowest BCUT2D eigenvalue weighted by atomic mass is 10.2. The van der Waals surface area contributed by atoms with Crippen molar-refractivity contribution in [2.24, 2.45) is 0 Å². The molecule has 0 radical (unpaired) electrons. The molecular weight excluding hydrogens is 426 g/mol. The lowest BCUT2D eigenvalue weighted by molar-refractivity contribution is 0.174. The molecule has 1 atom stereocenters. The molecule has 0 N–H and O–H groups in total. The second-order valence-corrected chi connectivity index (χ2v) is 9.16. The molecule has 0 bridgehead atoms. The van der Waals surface area contributed by atoms with Crippen molar-refractivity contribution < 1.29 is 14.0 Å². The molecule has 0 saturated carbocycles. The monoisotopic (exact) mass is 449 g/mol. The fourth-order valence-electron chi connectivity index (χ4n) is 3.40. The maximum absolute atomic E-state index is 5.55. The van der Waals surface area contributed by atoms with Crippen molar-refractivity contribution in [1.82, 2.24) is 24.9 Å². The summed E-state index contributed by atoms with van der Waals surface area (Å²) < 4.78 is 18.6. The third-order valence-electron chi connectivity index (χ3n) is 5.13. The molecule has 0 fully saturated rings. The van der Waals surface area contributed by atoms with Crippen molar-refractivity contribution >= 4 is 11.8 Å². The molecule has 1 aliphatic rings. The summed E-state index contributed by atoms with van der Waals surface area (Å²) in [7, 11) is 0. The third kappa shape index (κ3) is 4.08. The number of aromatic nitrogens is 5. The molecule has 2 aromatic carbocycles. The van der Waals surface area contributed by atoms with Crippen molar-refractivity contribution in [2.75, 3.05) is 6.79 Å². The van der Waals surface area contributed by atoms with Crippen LogP contribution in [-0.4, -0.2) is 31.7 Å². The van der Waals surface area contributed by atoms with E-state index in [1.807, 2.05) is 69.3 Å². The molecule has 8 nitrogen and oxygen atoms in total. The maximum Gasteiger partial charge on any atom is 0.239 e. The van der Waals surface area contributed by atoms with Crippen LogP contribution in [0.25, 0.3) is 11.4 Å². The summed E-state index contributed by atoms with van der Waals surface area (Å²) in [6.07, 6.45) is 0. The fourth-order valence-corrected chi connectivity index (χ4v) is 4.28. The van der Waals surface area contributed by atoms with Gasteiger partial charge in [-0.05, 0) is 24.6 Å². The number of ether oxygens (including phenoxy) is 2. The van der Waals surface area contributed by atoms with Crippen LogP contribution >= 0.6 is 11.8 Å². The molecular formula is C23H23N5O3S. The van der Waals surface area contributed by atoms with Gasteiger partial charge in [0.15, 0.2) is 28.3 Å². The fraction of sp³-hybridized carbons (Fsp3) is 0.304. The first-order valence-electron chi connectivity index (χ1n) is 10.5. The highest BCUT2D eigenvalue weighted by Gasteiger charge is 2.23. The first kappa shape index (κ1) is 20.6. The third-order valence-corrected chi connectivity index (χ3v) is 6.20. The van der Waals surface area contributed by atoms with Gasteiger partial charge in [0.25, 0.3) is 0 Å². The summed E-state index contributed by atoms with van der Waals surface area (Å²) in [5.41, 5.74) is 2.07. The molecule has 4 aromatic rings. The van der Waals surface area contributed by atoms with Crippen LogP contribution in [-0.2, 0) is 6.54 Å². The van der Waals surface area contributed by atoms with Crippen LogP contribution in [0.15, 0.2) is 58.2 Å². The Hall–Kier alpha value is -3.33. The molecule has 1 aliphatic heterocycles. The van der Waals surface area contributed by atoms with Crippen LogP contribution in [0.5, 0.6) is 11.5 Å². The topological polar surface area (TPSA) is 88.1 Å². The number of hydrogen-bond acceptors (Lipinski definition) is 8. The standard InChI is InChI=1S/C23H23N5O3S/c1-14(2)20-24-22(31-27-20)15(3)32-23-26-25-21(17-7-5-4-6-8-17)28(23)12-16-9-10-18-19(11-16)30-13-29-18/h4-11,14-15H,12-13H2,1-3H3/t15-/m1/s1. The van der Waals surface area contributed by atoms with Crippen LogP contribution in [0.2, 0.25) is 0 Å². The zero-order valence-electron chi connectivity index (χ0n) is 18.1. The van der Waals surface area contributed by atoms with Gasteiger partial charge in [0.2, 0.25) is 12.7 Å². The van der Waals surface area contributed by atoms with Crippen molar-refractivity contribution in [3.05, 3.63) is 65.8 Å². The Morgan fingerprint density at radius 2 is 1.81 bits per heavy atom. The minimum absolute atomic E-state index is 0.0710. The van der Waals surface area contributed by atoms with E-state index in [0.717, 1.165) is 33.6 Å². The lowest BCUT2D eigenvalue weighted by Gasteiger charge is -2.12. The van der Waals surface area contributed by atoms with Crippen molar-refractivity contribution in [3.63, 3.8) is 0 Å². The van der Waals surface area contributed by atoms with Gasteiger partial charge in [-0.2, -0.15) is 4.98 Å². The molecule has 5 rings (SSSR count). The van der Waals surface area contributed by atoms with Crippen LogP contribution in [0, 0.1) is 0 Å². The van der Waals surface area contributed by atoms with Gasteiger partial charge in [-0.3, -0.25) is 4.57 Å². The highest BCUT2D eigenvalue weighted by molar-refractivity contribution is 7.99. The molecule has 0 spiro atoms. The van der Waals surface area contributed by atoms with E-state index in [9.17, 15) is 0 Å².